The number of carbonyl (C=O) groups is 3. The molecule has 1 unspecified atom stereocenters. The molecule has 0 aromatic carbocycles. The van der Waals surface area contributed by atoms with Crippen molar-refractivity contribution in [3.8, 4) is 0 Å². The van der Waals surface area contributed by atoms with Crippen LogP contribution in [0.2, 0.25) is 0 Å². The van der Waals surface area contributed by atoms with Crippen molar-refractivity contribution < 1.29 is 37.1 Å². The molecule has 1 N–H and O–H groups in total. The summed E-state index contributed by atoms with van der Waals surface area (Å²) in [5.74, 6) is -2.37. The van der Waals surface area contributed by atoms with E-state index in [1.807, 2.05) is 17.0 Å². The second kappa shape index (κ2) is 9.41. The minimum Gasteiger partial charge on any atom is -0.475 e. The Labute approximate surface area is 181 Å². The molecule has 0 aliphatic carbocycles. The van der Waals surface area contributed by atoms with Crippen LogP contribution < -0.4 is 0 Å². The Kier molecular flexibility index (Phi) is 6.85. The number of aromatic nitrogens is 1. The zero-order valence-electron chi connectivity index (χ0n) is 17.0. The number of likely N-dealkylation sites (tertiary alicyclic amines) is 2. The summed E-state index contributed by atoms with van der Waals surface area (Å²) >= 11 is 0. The van der Waals surface area contributed by atoms with Crippen LogP contribution in [-0.4, -0.2) is 63.5 Å². The second-order valence-corrected chi connectivity index (χ2v) is 7.72. The number of halogens is 3. The van der Waals surface area contributed by atoms with Crippen LogP contribution in [0.5, 0.6) is 0 Å². The molecule has 2 saturated heterocycles. The number of carbonyl (C=O) groups excluding carboxylic acids is 2. The zero-order valence-corrected chi connectivity index (χ0v) is 17.0. The second-order valence-electron chi connectivity index (χ2n) is 7.72. The predicted octanol–water partition coefficient (Wildman–Crippen LogP) is 2.96. The topological polar surface area (TPSA) is 104 Å². The lowest BCUT2D eigenvalue weighted by Gasteiger charge is -2.38. The monoisotopic (exact) mass is 453 g/mol. The summed E-state index contributed by atoms with van der Waals surface area (Å²) in [6.07, 6.45) is 2.41. The Hall–Kier alpha value is -3.37. The summed E-state index contributed by atoms with van der Waals surface area (Å²) in [6.45, 7) is 2.51. The van der Waals surface area contributed by atoms with Crippen molar-refractivity contribution in [1.82, 2.24) is 14.8 Å². The number of carboxylic acid groups (broad SMARTS) is 1. The first-order chi connectivity index (χ1) is 15.1. The molecule has 2 fully saturated rings. The van der Waals surface area contributed by atoms with Crippen LogP contribution >= 0.6 is 0 Å². The highest BCUT2D eigenvalue weighted by molar-refractivity contribution is 5.93. The summed E-state index contributed by atoms with van der Waals surface area (Å²) < 4.78 is 37.0. The minimum absolute atomic E-state index is 0.121. The maximum absolute atomic E-state index is 13.1. The fourth-order valence-electron chi connectivity index (χ4n) is 3.99. The molecule has 2 aliphatic rings. The van der Waals surface area contributed by atoms with Gasteiger partial charge in [0.1, 0.15) is 0 Å². The van der Waals surface area contributed by atoms with Crippen LogP contribution in [0.1, 0.15) is 35.4 Å². The van der Waals surface area contributed by atoms with Gasteiger partial charge in [0.05, 0.1) is 11.7 Å². The molecule has 32 heavy (non-hydrogen) atoms. The first-order valence-electron chi connectivity index (χ1n) is 9.93. The molecule has 1 atom stereocenters. The molecule has 4 rings (SSSR count). The van der Waals surface area contributed by atoms with E-state index in [-0.39, 0.29) is 11.8 Å². The normalized spacial score (nSPS) is 20.8. The highest BCUT2D eigenvalue weighted by Crippen LogP contribution is 2.41. The predicted molar refractivity (Wildman–Crippen MR) is 104 cm³/mol. The van der Waals surface area contributed by atoms with Crippen LogP contribution in [0.3, 0.4) is 0 Å². The molecule has 1 spiro atoms. The lowest BCUT2D eigenvalue weighted by Crippen LogP contribution is -2.49. The Bertz CT molecular complexity index is 949. The minimum atomic E-state index is -5.08. The number of pyridine rings is 1. The summed E-state index contributed by atoms with van der Waals surface area (Å²) in [5, 5.41) is 7.12. The number of amides is 2. The first kappa shape index (κ1) is 23.3. The number of alkyl halides is 3. The number of carboxylic acids is 1. The lowest BCUT2D eigenvalue weighted by molar-refractivity contribution is -0.192. The molecule has 0 radical (unpaired) electrons. The van der Waals surface area contributed by atoms with Crippen molar-refractivity contribution in [2.45, 2.75) is 32.0 Å². The van der Waals surface area contributed by atoms with Gasteiger partial charge in [-0.15, -0.1) is 0 Å². The quantitative estimate of drug-likeness (QED) is 0.767. The number of furan rings is 1. The van der Waals surface area contributed by atoms with Gasteiger partial charge in [0.15, 0.2) is 5.76 Å². The van der Waals surface area contributed by atoms with Gasteiger partial charge in [0.2, 0.25) is 5.91 Å². The number of hydrogen-bond donors (Lipinski definition) is 1. The van der Waals surface area contributed by atoms with Gasteiger partial charge in [0.25, 0.3) is 5.91 Å². The van der Waals surface area contributed by atoms with Gasteiger partial charge in [-0.3, -0.25) is 14.6 Å². The zero-order chi connectivity index (χ0) is 23.4. The maximum Gasteiger partial charge on any atom is 0.490 e. The molecule has 2 aromatic heterocycles. The molecule has 11 heteroatoms. The van der Waals surface area contributed by atoms with Gasteiger partial charge in [-0.1, -0.05) is 0 Å². The third-order valence-electron chi connectivity index (χ3n) is 5.56. The number of hydrogen-bond acceptors (Lipinski definition) is 5. The molecule has 4 heterocycles. The number of aliphatic carboxylic acids is 1. The summed E-state index contributed by atoms with van der Waals surface area (Å²) in [5.41, 5.74) is 0.646. The largest absolute Gasteiger partial charge is 0.490 e. The fourth-order valence-corrected chi connectivity index (χ4v) is 3.99. The van der Waals surface area contributed by atoms with E-state index in [4.69, 9.17) is 14.3 Å². The van der Waals surface area contributed by atoms with Crippen molar-refractivity contribution in [2.24, 2.45) is 5.41 Å². The smallest absolute Gasteiger partial charge is 0.475 e. The summed E-state index contributed by atoms with van der Waals surface area (Å²) in [7, 11) is 0. The van der Waals surface area contributed by atoms with Crippen LogP contribution in [0.15, 0.2) is 47.3 Å². The third kappa shape index (κ3) is 5.27. The molecule has 2 aromatic rings. The molecule has 0 saturated carbocycles. The van der Waals surface area contributed by atoms with E-state index in [2.05, 4.69) is 4.98 Å². The average molecular weight is 453 g/mol. The lowest BCUT2D eigenvalue weighted by atomic mass is 9.78. The van der Waals surface area contributed by atoms with Crippen molar-refractivity contribution >= 4 is 17.8 Å². The highest BCUT2D eigenvalue weighted by atomic mass is 19.4. The average Bonchev–Trinajstić information content (AvgIpc) is 3.39. The van der Waals surface area contributed by atoms with E-state index in [9.17, 15) is 22.8 Å². The molecule has 0 bridgehead atoms. The summed E-state index contributed by atoms with van der Waals surface area (Å²) in [6, 6.07) is 7.26. The molecule has 172 valence electrons. The fraction of sp³-hybridized carbons (Fsp3) is 0.429. The van der Waals surface area contributed by atoms with Crippen molar-refractivity contribution in [3.63, 3.8) is 0 Å². The number of rotatable bonds is 3. The van der Waals surface area contributed by atoms with E-state index < -0.39 is 17.6 Å². The van der Waals surface area contributed by atoms with E-state index >= 15 is 0 Å². The van der Waals surface area contributed by atoms with Crippen molar-refractivity contribution in [3.05, 3.63) is 54.2 Å². The van der Waals surface area contributed by atoms with Gasteiger partial charge in [0, 0.05) is 38.6 Å². The van der Waals surface area contributed by atoms with Gasteiger partial charge < -0.3 is 19.3 Å². The molecule has 8 nitrogen and oxygen atoms in total. The van der Waals surface area contributed by atoms with Crippen molar-refractivity contribution in [2.75, 3.05) is 19.6 Å². The maximum atomic E-state index is 13.1. The number of piperidine rings is 1. The van der Waals surface area contributed by atoms with Gasteiger partial charge in [-0.05, 0) is 49.1 Å². The van der Waals surface area contributed by atoms with E-state index in [1.165, 1.54) is 6.26 Å². The van der Waals surface area contributed by atoms with E-state index in [1.54, 1.807) is 29.4 Å². The van der Waals surface area contributed by atoms with Crippen LogP contribution in [0, 0.1) is 5.41 Å². The first-order valence-corrected chi connectivity index (χ1v) is 9.93. The van der Waals surface area contributed by atoms with Crippen molar-refractivity contribution in [1.29, 1.82) is 0 Å². The molecule has 2 aliphatic heterocycles. The Morgan fingerprint density at radius 2 is 1.84 bits per heavy atom. The van der Waals surface area contributed by atoms with Gasteiger partial charge in [-0.25, -0.2) is 4.79 Å². The Morgan fingerprint density at radius 1 is 1.16 bits per heavy atom. The number of nitrogens with zero attached hydrogens (tertiary/aromatic N) is 3. The molecular formula is C21H22F3N3O5. The standard InChI is InChI=1S/C19H21N3O3.C2HF3O2/c23-17(16-3-1-12-25-16)22-10-2-6-19(14-22)7-11-21(18(19)24)13-15-4-8-20-9-5-15;3-2(4,5)1(6)7/h1,3-5,8-9,12H,2,6-7,10-11,13-14H2;(H,6,7). The third-order valence-corrected chi connectivity index (χ3v) is 5.56. The Balaban J connectivity index is 0.000000360. The van der Waals surface area contributed by atoms with Gasteiger partial charge in [-0.2, -0.15) is 13.2 Å². The van der Waals surface area contributed by atoms with E-state index in [0.29, 0.717) is 25.4 Å². The van der Waals surface area contributed by atoms with Crippen LogP contribution in [0.25, 0.3) is 0 Å². The Morgan fingerprint density at radius 3 is 2.44 bits per heavy atom. The molecular weight excluding hydrogens is 431 g/mol. The SMILES string of the molecule is O=C(O)C(F)(F)F.O=C(c1ccco1)N1CCCC2(CCN(Cc3ccncc3)C2=O)C1. The molecule has 2 amide bonds. The van der Waals surface area contributed by atoms with Crippen LogP contribution in [0.4, 0.5) is 13.2 Å². The van der Waals surface area contributed by atoms with E-state index in [0.717, 1.165) is 31.4 Å². The highest BCUT2D eigenvalue weighted by Gasteiger charge is 2.49. The van der Waals surface area contributed by atoms with Crippen LogP contribution in [-0.2, 0) is 16.1 Å². The van der Waals surface area contributed by atoms with Gasteiger partial charge >= 0.3 is 12.1 Å². The summed E-state index contributed by atoms with van der Waals surface area (Å²) in [4.78, 5) is 42.3.